The zero-order valence-corrected chi connectivity index (χ0v) is 21.7. The van der Waals surface area contributed by atoms with Crippen LogP contribution in [0, 0.1) is 0 Å². The van der Waals surface area contributed by atoms with Crippen LogP contribution in [0.15, 0.2) is 59.5 Å². The molecule has 1 heterocycles. The number of benzene rings is 2. The summed E-state index contributed by atoms with van der Waals surface area (Å²) < 4.78 is 37.5. The zero-order chi connectivity index (χ0) is 25.1. The Morgan fingerprint density at radius 2 is 1.89 bits per heavy atom. The van der Waals surface area contributed by atoms with Gasteiger partial charge in [0.1, 0.15) is 26.7 Å². The first kappa shape index (κ1) is 27.3. The van der Waals surface area contributed by atoms with Crippen molar-refractivity contribution in [3.8, 4) is 11.5 Å². The van der Waals surface area contributed by atoms with Crippen LogP contribution in [-0.4, -0.2) is 68.3 Å². The van der Waals surface area contributed by atoms with Gasteiger partial charge in [0.2, 0.25) is 0 Å². The molecule has 3 rings (SSSR count). The maximum atomic E-state index is 13.1. The second kappa shape index (κ2) is 13.7. The van der Waals surface area contributed by atoms with E-state index in [0.717, 1.165) is 31.4 Å². The molecule has 35 heavy (non-hydrogen) atoms. The summed E-state index contributed by atoms with van der Waals surface area (Å²) >= 11 is 6.13. The molecule has 2 aromatic rings. The quantitative estimate of drug-likeness (QED) is 0.239. The van der Waals surface area contributed by atoms with E-state index in [9.17, 15) is 13.2 Å². The second-order valence-electron chi connectivity index (χ2n) is 7.88. The van der Waals surface area contributed by atoms with E-state index in [-0.39, 0.29) is 21.4 Å². The van der Waals surface area contributed by atoms with E-state index >= 15 is 0 Å². The highest BCUT2D eigenvalue weighted by atomic mass is 32.2. The van der Waals surface area contributed by atoms with Crippen LogP contribution in [-0.2, 0) is 25.1 Å². The summed E-state index contributed by atoms with van der Waals surface area (Å²) in [5, 5.41) is 2.80. The Hall–Kier alpha value is -2.24. The van der Waals surface area contributed by atoms with Crippen molar-refractivity contribution in [1.29, 1.82) is 0 Å². The molecule has 3 N–H and O–H groups in total. The summed E-state index contributed by atoms with van der Waals surface area (Å²) in [6.07, 6.45) is -0.0723. The molecule has 2 aromatic carbocycles. The number of morpholine rings is 1. The Kier molecular flexibility index (Phi) is 10.7. The van der Waals surface area contributed by atoms with Gasteiger partial charge in [-0.3, -0.25) is 4.90 Å². The average Bonchev–Trinajstić information content (AvgIpc) is 2.83. The van der Waals surface area contributed by atoms with Gasteiger partial charge in [0.15, 0.2) is 9.84 Å². The average molecular weight is 536 g/mol. The SMILES string of the molecule is NC(=S)SC(CC(=C=O)S(=O)(=O)Cc1cccc(Oc2ccccc2)c1)NCCN1CCOCC1. The fraction of sp³-hybridized carbons (Fsp3) is 0.375. The van der Waals surface area contributed by atoms with E-state index in [1.54, 1.807) is 30.2 Å². The Balaban J connectivity index is 1.63. The van der Waals surface area contributed by atoms with Gasteiger partial charge < -0.3 is 20.5 Å². The van der Waals surface area contributed by atoms with Gasteiger partial charge in [-0.05, 0) is 29.8 Å². The molecule has 1 aliphatic rings. The Morgan fingerprint density at radius 3 is 2.57 bits per heavy atom. The second-order valence-corrected chi connectivity index (χ2v) is 11.8. The van der Waals surface area contributed by atoms with Crippen LogP contribution in [0.4, 0.5) is 0 Å². The van der Waals surface area contributed by atoms with Crippen LogP contribution in [0.5, 0.6) is 11.5 Å². The summed E-state index contributed by atoms with van der Waals surface area (Å²) in [4.78, 5) is 13.6. The highest BCUT2D eigenvalue weighted by Gasteiger charge is 2.25. The third-order valence-corrected chi connectivity index (χ3v) is 8.11. The minimum Gasteiger partial charge on any atom is -0.457 e. The number of para-hydroxylation sites is 1. The number of thioether (sulfide) groups is 1. The normalized spacial score (nSPS) is 15.2. The Bertz CT molecular complexity index is 1130. The molecule has 0 amide bonds. The van der Waals surface area contributed by atoms with E-state index in [0.29, 0.717) is 36.8 Å². The first-order valence-electron chi connectivity index (χ1n) is 11.1. The van der Waals surface area contributed by atoms with Crippen LogP contribution in [0.2, 0.25) is 0 Å². The largest absolute Gasteiger partial charge is 0.457 e. The molecule has 0 radical (unpaired) electrons. The number of nitrogens with one attached hydrogen (secondary N) is 1. The molecule has 0 saturated carbocycles. The maximum absolute atomic E-state index is 13.1. The number of hydrogen-bond donors (Lipinski definition) is 2. The van der Waals surface area contributed by atoms with Crippen LogP contribution < -0.4 is 15.8 Å². The molecule has 1 unspecified atom stereocenters. The molecule has 1 saturated heterocycles. The molecule has 8 nitrogen and oxygen atoms in total. The molecule has 188 valence electrons. The molecule has 1 fully saturated rings. The predicted octanol–water partition coefficient (Wildman–Crippen LogP) is 2.72. The maximum Gasteiger partial charge on any atom is 0.189 e. The van der Waals surface area contributed by atoms with E-state index in [2.05, 4.69) is 10.2 Å². The number of thiocarbonyl (C=S) groups is 1. The monoisotopic (exact) mass is 535 g/mol. The van der Waals surface area contributed by atoms with Crippen molar-refractivity contribution in [1.82, 2.24) is 10.2 Å². The molecule has 0 aliphatic carbocycles. The smallest absolute Gasteiger partial charge is 0.189 e. The molecule has 1 atom stereocenters. The van der Waals surface area contributed by atoms with Gasteiger partial charge in [-0.2, -0.15) is 0 Å². The number of nitrogens with zero attached hydrogens (tertiary/aromatic N) is 1. The van der Waals surface area contributed by atoms with Crippen molar-refractivity contribution in [2.45, 2.75) is 17.5 Å². The fourth-order valence-electron chi connectivity index (χ4n) is 3.53. The van der Waals surface area contributed by atoms with Crippen molar-refractivity contribution in [3.05, 3.63) is 65.1 Å². The lowest BCUT2D eigenvalue weighted by molar-refractivity contribution is 0.0384. The summed E-state index contributed by atoms with van der Waals surface area (Å²) in [6.45, 7) is 4.42. The van der Waals surface area contributed by atoms with Gasteiger partial charge in [-0.15, -0.1) is 0 Å². The van der Waals surface area contributed by atoms with Crippen molar-refractivity contribution in [2.75, 3.05) is 39.4 Å². The van der Waals surface area contributed by atoms with Crippen molar-refractivity contribution in [2.24, 2.45) is 5.73 Å². The fourth-order valence-corrected chi connectivity index (χ4v) is 6.06. The van der Waals surface area contributed by atoms with E-state index in [1.165, 1.54) is 0 Å². The molecule has 0 bridgehead atoms. The summed E-state index contributed by atoms with van der Waals surface area (Å²) in [5.74, 6) is 2.45. The highest BCUT2D eigenvalue weighted by molar-refractivity contribution is 8.23. The Morgan fingerprint density at radius 1 is 1.17 bits per heavy atom. The summed E-state index contributed by atoms with van der Waals surface area (Å²) in [6, 6.07) is 16.0. The first-order valence-corrected chi connectivity index (χ1v) is 14.1. The van der Waals surface area contributed by atoms with Crippen LogP contribution in [0.25, 0.3) is 0 Å². The van der Waals surface area contributed by atoms with Crippen LogP contribution >= 0.6 is 24.0 Å². The van der Waals surface area contributed by atoms with Crippen LogP contribution in [0.3, 0.4) is 0 Å². The Labute approximate surface area is 215 Å². The van der Waals surface area contributed by atoms with Crippen molar-refractivity contribution in [3.63, 3.8) is 0 Å². The topological polar surface area (TPSA) is 111 Å². The number of hydrogen-bond acceptors (Lipinski definition) is 9. The first-order chi connectivity index (χ1) is 16.9. The van der Waals surface area contributed by atoms with Gasteiger partial charge in [-0.25, -0.2) is 13.2 Å². The molecule has 0 aromatic heterocycles. The third kappa shape index (κ3) is 9.38. The molecular formula is C24H29N3O5S3. The van der Waals surface area contributed by atoms with Gasteiger partial charge >= 0.3 is 0 Å². The summed E-state index contributed by atoms with van der Waals surface area (Å²) in [5.41, 5.74) is 6.20. The predicted molar refractivity (Wildman–Crippen MR) is 143 cm³/mol. The van der Waals surface area contributed by atoms with E-state index < -0.39 is 15.2 Å². The minimum atomic E-state index is -3.92. The zero-order valence-electron chi connectivity index (χ0n) is 19.2. The highest BCUT2D eigenvalue weighted by Crippen LogP contribution is 2.26. The standard InChI is InChI=1S/C24H29N3O5S3/c25-24(33)34-23(26-9-10-27-11-13-31-14-12-27)16-22(17-28)35(29,30)18-19-5-4-8-21(15-19)32-20-6-2-1-3-7-20/h1-8,15,23,26H,9-14,16,18H2,(H2,25,33). The molecular weight excluding hydrogens is 506 g/mol. The van der Waals surface area contributed by atoms with Gasteiger partial charge in [0.25, 0.3) is 0 Å². The summed E-state index contributed by atoms with van der Waals surface area (Å²) in [7, 11) is -3.92. The number of rotatable bonds is 12. The molecule has 1 aliphatic heterocycles. The number of ether oxygens (including phenoxy) is 2. The van der Waals surface area contributed by atoms with Crippen molar-refractivity contribution < 1.29 is 22.7 Å². The minimum absolute atomic E-state index is 0.0723. The number of carbonyl (C=O) groups excluding carboxylic acids is 1. The van der Waals surface area contributed by atoms with Gasteiger partial charge in [-0.1, -0.05) is 54.3 Å². The molecule has 0 spiro atoms. The van der Waals surface area contributed by atoms with Crippen molar-refractivity contribution >= 4 is 44.1 Å². The molecule has 11 heteroatoms. The van der Waals surface area contributed by atoms with Gasteiger partial charge in [0, 0.05) is 32.6 Å². The number of sulfone groups is 1. The lowest BCUT2D eigenvalue weighted by atomic mass is 10.2. The lowest BCUT2D eigenvalue weighted by Gasteiger charge is -2.27. The third-order valence-electron chi connectivity index (χ3n) is 5.26. The lowest BCUT2D eigenvalue weighted by Crippen LogP contribution is -2.42. The number of nitrogens with two attached hydrogens (primary N) is 1. The van der Waals surface area contributed by atoms with E-state index in [1.807, 2.05) is 30.3 Å². The van der Waals surface area contributed by atoms with Gasteiger partial charge in [0.05, 0.1) is 24.3 Å². The van der Waals surface area contributed by atoms with Crippen LogP contribution in [0.1, 0.15) is 12.0 Å². The van der Waals surface area contributed by atoms with E-state index in [4.69, 9.17) is 27.4 Å².